The average molecular weight is 361 g/mol. The van der Waals surface area contributed by atoms with E-state index in [2.05, 4.69) is 15.4 Å². The molecule has 6 nitrogen and oxygen atoms in total. The average Bonchev–Trinajstić information content (AvgIpc) is 2.61. The largest absolute Gasteiger partial charge is 0.465 e. The molecule has 0 saturated heterocycles. The van der Waals surface area contributed by atoms with E-state index in [1.54, 1.807) is 30.3 Å². The molecule has 0 saturated carbocycles. The Morgan fingerprint density at radius 3 is 2.36 bits per heavy atom. The number of amides is 2. The predicted molar refractivity (Wildman–Crippen MR) is 94.7 cm³/mol. The molecule has 0 unspecified atom stereocenters. The van der Waals surface area contributed by atoms with Gasteiger partial charge in [-0.2, -0.15) is 0 Å². The van der Waals surface area contributed by atoms with Gasteiger partial charge < -0.3 is 15.4 Å². The van der Waals surface area contributed by atoms with Gasteiger partial charge in [-0.15, -0.1) is 0 Å². The van der Waals surface area contributed by atoms with Gasteiger partial charge in [-0.1, -0.05) is 23.7 Å². The van der Waals surface area contributed by atoms with E-state index in [0.29, 0.717) is 17.8 Å². The van der Waals surface area contributed by atoms with Crippen molar-refractivity contribution in [3.05, 3.63) is 64.2 Å². The topological polar surface area (TPSA) is 84.5 Å². The molecule has 0 aliphatic rings. The van der Waals surface area contributed by atoms with Crippen molar-refractivity contribution in [1.29, 1.82) is 0 Å². The van der Waals surface area contributed by atoms with Gasteiger partial charge in [-0.05, 0) is 35.9 Å². The summed E-state index contributed by atoms with van der Waals surface area (Å²) in [4.78, 5) is 34.8. The van der Waals surface area contributed by atoms with E-state index < -0.39 is 5.97 Å². The molecule has 0 radical (unpaired) electrons. The molecule has 2 aromatic carbocycles. The summed E-state index contributed by atoms with van der Waals surface area (Å²) < 4.78 is 4.65. The number of rotatable bonds is 5. The van der Waals surface area contributed by atoms with E-state index in [-0.39, 0.29) is 22.4 Å². The van der Waals surface area contributed by atoms with Gasteiger partial charge in [0.15, 0.2) is 0 Å². The molecule has 2 amide bonds. The fraction of sp³-hybridized carbons (Fsp3) is 0.167. The lowest BCUT2D eigenvalue weighted by Crippen LogP contribution is -2.19. The molecule has 130 valence electrons. The molecule has 0 bridgehead atoms. The van der Waals surface area contributed by atoms with Crippen molar-refractivity contribution in [3.63, 3.8) is 0 Å². The van der Waals surface area contributed by atoms with Crippen LogP contribution in [-0.4, -0.2) is 24.9 Å². The van der Waals surface area contributed by atoms with E-state index >= 15 is 0 Å². The van der Waals surface area contributed by atoms with Gasteiger partial charge in [0.2, 0.25) is 5.91 Å². The zero-order valence-corrected chi connectivity index (χ0v) is 14.5. The van der Waals surface area contributed by atoms with E-state index in [4.69, 9.17) is 11.6 Å². The maximum Gasteiger partial charge on any atom is 0.339 e. The second-order valence-corrected chi connectivity index (χ2v) is 5.65. The highest BCUT2D eigenvalue weighted by atomic mass is 35.5. The number of esters is 1. The zero-order chi connectivity index (χ0) is 18.4. The molecular formula is C18H17ClN2O4. The van der Waals surface area contributed by atoms with Crippen LogP contribution in [0, 0.1) is 0 Å². The molecule has 0 aliphatic carbocycles. The monoisotopic (exact) mass is 360 g/mol. The molecule has 0 atom stereocenters. The lowest BCUT2D eigenvalue weighted by Gasteiger charge is -2.09. The molecule has 2 aromatic rings. The number of methoxy groups -OCH3 is 1. The van der Waals surface area contributed by atoms with Crippen molar-refractivity contribution in [1.82, 2.24) is 5.32 Å². The Morgan fingerprint density at radius 2 is 1.76 bits per heavy atom. The summed E-state index contributed by atoms with van der Waals surface area (Å²) >= 11 is 5.95. The highest BCUT2D eigenvalue weighted by Gasteiger charge is 2.13. The van der Waals surface area contributed by atoms with Crippen LogP contribution >= 0.6 is 11.6 Å². The third-order valence-corrected chi connectivity index (χ3v) is 3.72. The summed E-state index contributed by atoms with van der Waals surface area (Å²) in [6.07, 6.45) is 0. The lowest BCUT2D eigenvalue weighted by molar-refractivity contribution is -0.119. The molecular weight excluding hydrogens is 344 g/mol. The standard InChI is InChI=1S/C18H17ClN2O4/c1-11(22)20-10-12-3-5-13(6-4-12)17(23)21-14-7-8-16(19)15(9-14)18(24)25-2/h3-9H,10H2,1-2H3,(H,20,22)(H,21,23). The fourth-order valence-corrected chi connectivity index (χ4v) is 2.27. The van der Waals surface area contributed by atoms with Gasteiger partial charge in [-0.3, -0.25) is 9.59 Å². The Balaban J connectivity index is 2.09. The van der Waals surface area contributed by atoms with Crippen LogP contribution in [0.4, 0.5) is 5.69 Å². The summed E-state index contributed by atoms with van der Waals surface area (Å²) in [7, 11) is 1.26. The van der Waals surface area contributed by atoms with Crippen LogP contribution in [0.3, 0.4) is 0 Å². The van der Waals surface area contributed by atoms with Crippen LogP contribution in [0.2, 0.25) is 5.02 Å². The third kappa shape index (κ3) is 5.06. The van der Waals surface area contributed by atoms with Crippen LogP contribution in [0.1, 0.15) is 33.2 Å². The number of nitrogens with one attached hydrogen (secondary N) is 2. The molecule has 2 N–H and O–H groups in total. The van der Waals surface area contributed by atoms with Crippen molar-refractivity contribution in [2.75, 3.05) is 12.4 Å². The normalized spacial score (nSPS) is 10.0. The zero-order valence-electron chi connectivity index (χ0n) is 13.8. The maximum absolute atomic E-state index is 12.3. The summed E-state index contributed by atoms with van der Waals surface area (Å²) in [5.41, 5.74) is 1.93. The van der Waals surface area contributed by atoms with Gasteiger partial charge in [0.05, 0.1) is 17.7 Å². The quantitative estimate of drug-likeness (QED) is 0.803. The fourth-order valence-electron chi connectivity index (χ4n) is 2.07. The van der Waals surface area contributed by atoms with Gasteiger partial charge in [-0.25, -0.2) is 4.79 Å². The first-order valence-corrected chi connectivity index (χ1v) is 7.81. The van der Waals surface area contributed by atoms with Crippen LogP contribution in [0.25, 0.3) is 0 Å². The predicted octanol–water partition coefficient (Wildman–Crippen LogP) is 3.02. The summed E-state index contributed by atoms with van der Waals surface area (Å²) in [5, 5.41) is 5.62. The van der Waals surface area contributed by atoms with Gasteiger partial charge >= 0.3 is 5.97 Å². The minimum absolute atomic E-state index is 0.119. The Hall–Kier alpha value is -2.86. The molecule has 0 heterocycles. The van der Waals surface area contributed by atoms with Crippen LogP contribution in [0.15, 0.2) is 42.5 Å². The lowest BCUT2D eigenvalue weighted by atomic mass is 10.1. The van der Waals surface area contributed by atoms with E-state index in [1.807, 2.05) is 0 Å². The molecule has 2 rings (SSSR count). The minimum Gasteiger partial charge on any atom is -0.465 e. The van der Waals surface area contributed by atoms with Crippen LogP contribution in [0.5, 0.6) is 0 Å². The third-order valence-electron chi connectivity index (χ3n) is 3.39. The first kappa shape index (κ1) is 18.5. The number of ether oxygens (including phenoxy) is 1. The number of hydrogen-bond donors (Lipinski definition) is 2. The minimum atomic E-state index is -0.580. The van der Waals surface area contributed by atoms with Gasteiger partial charge in [0.1, 0.15) is 0 Å². The van der Waals surface area contributed by atoms with E-state index in [0.717, 1.165) is 5.56 Å². The molecule has 25 heavy (non-hydrogen) atoms. The number of halogens is 1. The molecule has 0 spiro atoms. The number of carbonyl (C=O) groups excluding carboxylic acids is 3. The van der Waals surface area contributed by atoms with E-state index in [9.17, 15) is 14.4 Å². The molecule has 7 heteroatoms. The molecule has 0 fully saturated rings. The number of anilines is 1. The molecule has 0 aromatic heterocycles. The maximum atomic E-state index is 12.3. The Labute approximate surface area is 150 Å². The smallest absolute Gasteiger partial charge is 0.339 e. The number of hydrogen-bond acceptors (Lipinski definition) is 4. The molecule has 0 aliphatic heterocycles. The van der Waals surface area contributed by atoms with Crippen molar-refractivity contribution >= 4 is 35.1 Å². The van der Waals surface area contributed by atoms with E-state index in [1.165, 1.54) is 26.2 Å². The van der Waals surface area contributed by atoms with Gasteiger partial charge in [0.25, 0.3) is 5.91 Å². The van der Waals surface area contributed by atoms with Crippen molar-refractivity contribution < 1.29 is 19.1 Å². The summed E-state index contributed by atoms with van der Waals surface area (Å²) in [6.45, 7) is 1.84. The Bertz CT molecular complexity index is 803. The number of benzene rings is 2. The highest BCUT2D eigenvalue weighted by molar-refractivity contribution is 6.33. The number of carbonyl (C=O) groups is 3. The second kappa shape index (κ2) is 8.30. The highest BCUT2D eigenvalue weighted by Crippen LogP contribution is 2.22. The van der Waals surface area contributed by atoms with Gasteiger partial charge in [0, 0.05) is 24.7 Å². The van der Waals surface area contributed by atoms with Crippen LogP contribution < -0.4 is 10.6 Å². The Morgan fingerprint density at radius 1 is 1.08 bits per heavy atom. The van der Waals surface area contributed by atoms with Crippen molar-refractivity contribution in [2.45, 2.75) is 13.5 Å². The first-order valence-electron chi connectivity index (χ1n) is 7.43. The second-order valence-electron chi connectivity index (χ2n) is 5.25. The van der Waals surface area contributed by atoms with Crippen molar-refractivity contribution in [2.24, 2.45) is 0 Å². The Kier molecular flexibility index (Phi) is 6.14. The first-order chi connectivity index (χ1) is 11.9. The summed E-state index contributed by atoms with van der Waals surface area (Å²) in [5.74, 6) is -1.03. The van der Waals surface area contributed by atoms with Crippen molar-refractivity contribution in [3.8, 4) is 0 Å². The van der Waals surface area contributed by atoms with Crippen LogP contribution in [-0.2, 0) is 16.1 Å². The SMILES string of the molecule is COC(=O)c1cc(NC(=O)c2ccc(CNC(C)=O)cc2)ccc1Cl. The summed E-state index contributed by atoms with van der Waals surface area (Å²) in [6, 6.07) is 11.4.